The quantitative estimate of drug-likeness (QED) is 0.831. The molecule has 2 aliphatic rings. The summed E-state index contributed by atoms with van der Waals surface area (Å²) in [6, 6.07) is 0.393. The van der Waals surface area contributed by atoms with Gasteiger partial charge in [0, 0.05) is 42.8 Å². The minimum Gasteiger partial charge on any atom is -0.375 e. The molecule has 23 heavy (non-hydrogen) atoms. The van der Waals surface area contributed by atoms with Crippen LogP contribution in [0.1, 0.15) is 49.8 Å². The average Bonchev–Trinajstić information content (AvgIpc) is 2.95. The molecule has 0 unspecified atom stereocenters. The summed E-state index contributed by atoms with van der Waals surface area (Å²) in [5.41, 5.74) is 6.95. The minimum absolute atomic E-state index is 0.107. The molecule has 1 saturated heterocycles. The van der Waals surface area contributed by atoms with E-state index in [0.29, 0.717) is 11.2 Å². The fourth-order valence-electron chi connectivity index (χ4n) is 3.43. The number of thiazole rings is 1. The molecule has 3 rings (SSSR count). The van der Waals surface area contributed by atoms with Crippen LogP contribution in [0.25, 0.3) is 0 Å². The summed E-state index contributed by atoms with van der Waals surface area (Å²) in [6.07, 6.45) is 11.8. The average molecular weight is 334 g/mol. The third-order valence-corrected chi connectivity index (χ3v) is 5.55. The van der Waals surface area contributed by atoms with Crippen molar-refractivity contribution < 1.29 is 4.79 Å². The Bertz CT molecular complexity index is 553. The Morgan fingerprint density at radius 1 is 1.35 bits per heavy atom. The highest BCUT2D eigenvalue weighted by molar-refractivity contribution is 7.15. The van der Waals surface area contributed by atoms with Crippen molar-refractivity contribution in [3.63, 3.8) is 0 Å². The number of rotatable bonds is 4. The van der Waals surface area contributed by atoms with Crippen molar-refractivity contribution in [2.75, 3.05) is 18.8 Å². The predicted molar refractivity (Wildman–Crippen MR) is 94.1 cm³/mol. The number of carbonyl (C=O) groups is 1. The van der Waals surface area contributed by atoms with Crippen LogP contribution < -0.4 is 11.1 Å². The van der Waals surface area contributed by atoms with Crippen molar-refractivity contribution in [2.24, 2.45) is 0 Å². The Morgan fingerprint density at radius 2 is 2.09 bits per heavy atom. The fraction of sp³-hybridized carbons (Fsp3) is 0.647. The van der Waals surface area contributed by atoms with E-state index >= 15 is 0 Å². The molecule has 1 aliphatic heterocycles. The predicted octanol–water partition coefficient (Wildman–Crippen LogP) is 2.70. The van der Waals surface area contributed by atoms with Crippen LogP contribution in [0.5, 0.6) is 0 Å². The number of nitrogens with one attached hydrogen (secondary N) is 1. The van der Waals surface area contributed by atoms with Crippen molar-refractivity contribution in [1.29, 1.82) is 0 Å². The number of aromatic nitrogens is 1. The second kappa shape index (κ2) is 7.93. The molecular formula is C17H26N4OS. The first-order chi connectivity index (χ1) is 11.2. The number of hydrogen-bond acceptors (Lipinski definition) is 5. The summed E-state index contributed by atoms with van der Waals surface area (Å²) in [6.45, 7) is 2.91. The van der Waals surface area contributed by atoms with E-state index < -0.39 is 0 Å². The summed E-state index contributed by atoms with van der Waals surface area (Å²) in [5, 5.41) is 3.81. The van der Waals surface area contributed by atoms with Gasteiger partial charge in [-0.25, -0.2) is 4.98 Å². The third-order valence-electron chi connectivity index (χ3n) is 4.74. The largest absolute Gasteiger partial charge is 0.375 e. The van der Waals surface area contributed by atoms with E-state index in [1.807, 2.05) is 12.3 Å². The van der Waals surface area contributed by atoms with Crippen LogP contribution in [-0.2, 0) is 11.3 Å². The van der Waals surface area contributed by atoms with Crippen LogP contribution in [0.4, 0.5) is 5.13 Å². The highest BCUT2D eigenvalue weighted by Gasteiger charge is 2.18. The molecule has 5 nitrogen and oxygen atoms in total. The minimum atomic E-state index is 0.107. The van der Waals surface area contributed by atoms with Gasteiger partial charge in [-0.2, -0.15) is 0 Å². The Balaban J connectivity index is 1.43. The van der Waals surface area contributed by atoms with Gasteiger partial charge in [-0.05, 0) is 25.7 Å². The van der Waals surface area contributed by atoms with E-state index in [1.54, 1.807) is 11.3 Å². The van der Waals surface area contributed by atoms with Crippen molar-refractivity contribution in [1.82, 2.24) is 15.2 Å². The van der Waals surface area contributed by atoms with E-state index in [9.17, 15) is 4.79 Å². The lowest BCUT2D eigenvalue weighted by molar-refractivity contribution is -0.117. The fourth-order valence-corrected chi connectivity index (χ4v) is 4.16. The lowest BCUT2D eigenvalue weighted by Gasteiger charge is -2.28. The second-order valence-corrected chi connectivity index (χ2v) is 7.73. The molecule has 6 heteroatoms. The van der Waals surface area contributed by atoms with E-state index in [2.05, 4.69) is 15.2 Å². The molecular weight excluding hydrogens is 308 g/mol. The molecule has 0 spiro atoms. The number of carbonyl (C=O) groups excluding carboxylic acids is 1. The summed E-state index contributed by atoms with van der Waals surface area (Å²) in [5.74, 6) is 0.107. The number of nitrogen functional groups attached to an aromatic ring is 1. The van der Waals surface area contributed by atoms with Crippen molar-refractivity contribution in [2.45, 2.75) is 57.5 Å². The number of anilines is 1. The van der Waals surface area contributed by atoms with Gasteiger partial charge in [0.2, 0.25) is 5.91 Å². The maximum atomic E-state index is 12.1. The van der Waals surface area contributed by atoms with Crippen LogP contribution >= 0.6 is 11.3 Å². The monoisotopic (exact) mass is 334 g/mol. The SMILES string of the molecule is Nc1ncc(CN2CCC(=CC(=O)NC3CCCCC3)CC2)s1. The molecule has 1 aromatic heterocycles. The van der Waals surface area contributed by atoms with Gasteiger partial charge in [0.25, 0.3) is 0 Å². The summed E-state index contributed by atoms with van der Waals surface area (Å²) in [4.78, 5) is 19.8. The van der Waals surface area contributed by atoms with Crippen molar-refractivity contribution in [3.8, 4) is 0 Å². The van der Waals surface area contributed by atoms with Gasteiger partial charge in [0.15, 0.2) is 5.13 Å². The molecule has 1 aliphatic carbocycles. The topological polar surface area (TPSA) is 71.2 Å². The number of nitrogens with zero attached hydrogens (tertiary/aromatic N) is 2. The van der Waals surface area contributed by atoms with Gasteiger partial charge >= 0.3 is 0 Å². The highest BCUT2D eigenvalue weighted by atomic mass is 32.1. The van der Waals surface area contributed by atoms with Gasteiger partial charge < -0.3 is 11.1 Å². The molecule has 0 atom stereocenters. The summed E-state index contributed by atoms with van der Waals surface area (Å²) in [7, 11) is 0. The Kier molecular flexibility index (Phi) is 5.67. The molecule has 2 heterocycles. The molecule has 3 N–H and O–H groups in total. The Morgan fingerprint density at radius 3 is 2.74 bits per heavy atom. The van der Waals surface area contributed by atoms with E-state index in [4.69, 9.17) is 5.73 Å². The number of amides is 1. The van der Waals surface area contributed by atoms with E-state index in [1.165, 1.54) is 29.7 Å². The number of likely N-dealkylation sites (tertiary alicyclic amines) is 1. The normalized spacial score (nSPS) is 20.4. The Labute approximate surface area is 142 Å². The zero-order valence-electron chi connectivity index (χ0n) is 13.6. The summed E-state index contributed by atoms with van der Waals surface area (Å²) >= 11 is 1.56. The lowest BCUT2D eigenvalue weighted by Crippen LogP contribution is -2.36. The van der Waals surface area contributed by atoms with Crippen LogP contribution in [0.3, 0.4) is 0 Å². The van der Waals surface area contributed by atoms with Crippen molar-refractivity contribution in [3.05, 3.63) is 22.7 Å². The van der Waals surface area contributed by atoms with Crippen LogP contribution in [0.2, 0.25) is 0 Å². The number of hydrogen-bond donors (Lipinski definition) is 2. The molecule has 0 radical (unpaired) electrons. The third kappa shape index (κ3) is 5.04. The number of nitrogens with two attached hydrogens (primary N) is 1. The van der Waals surface area contributed by atoms with Gasteiger partial charge in [0.05, 0.1) is 0 Å². The molecule has 1 amide bonds. The number of piperidine rings is 1. The zero-order valence-corrected chi connectivity index (χ0v) is 14.4. The van der Waals surface area contributed by atoms with E-state index in [-0.39, 0.29) is 5.91 Å². The van der Waals surface area contributed by atoms with Crippen LogP contribution in [0.15, 0.2) is 17.8 Å². The van der Waals surface area contributed by atoms with Crippen LogP contribution in [-0.4, -0.2) is 34.9 Å². The first kappa shape index (κ1) is 16.5. The van der Waals surface area contributed by atoms with Gasteiger partial charge in [-0.3, -0.25) is 9.69 Å². The second-order valence-electron chi connectivity index (χ2n) is 6.59. The smallest absolute Gasteiger partial charge is 0.244 e. The lowest BCUT2D eigenvalue weighted by atomic mass is 9.95. The van der Waals surface area contributed by atoms with E-state index in [0.717, 1.165) is 45.3 Å². The maximum Gasteiger partial charge on any atom is 0.244 e. The van der Waals surface area contributed by atoms with Gasteiger partial charge in [-0.1, -0.05) is 24.8 Å². The summed E-state index contributed by atoms with van der Waals surface area (Å²) < 4.78 is 0. The van der Waals surface area contributed by atoms with Crippen LogP contribution in [0, 0.1) is 0 Å². The van der Waals surface area contributed by atoms with Crippen molar-refractivity contribution >= 4 is 22.4 Å². The maximum absolute atomic E-state index is 12.1. The van der Waals surface area contributed by atoms with Gasteiger partial charge in [-0.15, -0.1) is 11.3 Å². The Hall–Kier alpha value is -1.40. The molecule has 1 aromatic rings. The molecule has 2 fully saturated rings. The molecule has 126 valence electrons. The highest BCUT2D eigenvalue weighted by Crippen LogP contribution is 2.22. The standard InChI is InChI=1S/C17H26N4OS/c18-17-19-11-15(23-17)12-21-8-6-13(7-9-21)10-16(22)20-14-4-2-1-3-5-14/h10-11,14H,1-9,12H2,(H2,18,19)(H,20,22). The van der Waals surface area contributed by atoms with Gasteiger partial charge in [0.1, 0.15) is 0 Å². The first-order valence-corrected chi connectivity index (χ1v) is 9.43. The zero-order chi connectivity index (χ0) is 16.1. The molecule has 0 bridgehead atoms. The first-order valence-electron chi connectivity index (χ1n) is 8.61. The molecule has 0 aromatic carbocycles. The molecule has 1 saturated carbocycles.